The molecule has 0 saturated carbocycles. The zero-order valence-corrected chi connectivity index (χ0v) is 8.45. The van der Waals surface area contributed by atoms with Gasteiger partial charge in [0, 0.05) is 26.1 Å². The van der Waals surface area contributed by atoms with Crippen molar-refractivity contribution in [1.29, 1.82) is 0 Å². The largest absolute Gasteiger partial charge is 0.370 e. The molecule has 2 amide bonds. The van der Waals surface area contributed by atoms with Gasteiger partial charge in [-0.25, -0.2) is 0 Å². The Labute approximate surface area is 83.6 Å². The van der Waals surface area contributed by atoms with Crippen molar-refractivity contribution < 1.29 is 9.59 Å². The van der Waals surface area contributed by atoms with Crippen LogP contribution >= 0.6 is 0 Å². The van der Waals surface area contributed by atoms with Crippen molar-refractivity contribution >= 4 is 11.8 Å². The fourth-order valence-corrected chi connectivity index (χ4v) is 1.73. The number of nitrogens with one attached hydrogen (secondary N) is 1. The number of nitrogens with two attached hydrogens (primary N) is 1. The fourth-order valence-electron chi connectivity index (χ4n) is 1.73. The Balaban J connectivity index is 2.47. The number of hydrogen-bond donors (Lipinski definition) is 2. The van der Waals surface area contributed by atoms with E-state index in [0.717, 1.165) is 13.0 Å². The minimum absolute atomic E-state index is 0.0585. The monoisotopic (exact) mass is 199 g/mol. The molecular formula is C9H17N3O2. The third-order valence-electron chi connectivity index (χ3n) is 2.47. The predicted octanol–water partition coefficient (Wildman–Crippen LogP) is -0.928. The van der Waals surface area contributed by atoms with Crippen LogP contribution in [0, 0.1) is 0 Å². The zero-order chi connectivity index (χ0) is 10.6. The lowest BCUT2D eigenvalue weighted by Gasteiger charge is -2.34. The molecule has 1 atom stereocenters. The highest BCUT2D eigenvalue weighted by Gasteiger charge is 2.27. The van der Waals surface area contributed by atoms with E-state index in [-0.39, 0.29) is 17.9 Å². The Morgan fingerprint density at radius 1 is 1.71 bits per heavy atom. The smallest absolute Gasteiger partial charge is 0.237 e. The van der Waals surface area contributed by atoms with E-state index in [1.165, 1.54) is 0 Å². The van der Waals surface area contributed by atoms with E-state index in [4.69, 9.17) is 5.73 Å². The average molecular weight is 199 g/mol. The van der Waals surface area contributed by atoms with Gasteiger partial charge in [0.2, 0.25) is 11.8 Å². The molecular weight excluding hydrogens is 182 g/mol. The van der Waals surface area contributed by atoms with Crippen LogP contribution in [0.1, 0.15) is 19.8 Å². The summed E-state index contributed by atoms with van der Waals surface area (Å²) < 4.78 is 0. The fraction of sp³-hybridized carbons (Fsp3) is 0.778. The summed E-state index contributed by atoms with van der Waals surface area (Å²) in [4.78, 5) is 24.0. The molecule has 0 bridgehead atoms. The van der Waals surface area contributed by atoms with E-state index in [1.807, 2.05) is 11.8 Å². The normalized spacial score (nSPS) is 23.2. The van der Waals surface area contributed by atoms with Gasteiger partial charge in [-0.15, -0.1) is 0 Å². The standard InChI is InChI=1S/C9H17N3O2/c1-2-7-9(14)11-4-6-12(7)5-3-8(10)13/h7H,2-6H2,1H3,(H2,10,13)(H,11,14). The van der Waals surface area contributed by atoms with Crippen LogP contribution in [0.3, 0.4) is 0 Å². The molecule has 5 nitrogen and oxygen atoms in total. The van der Waals surface area contributed by atoms with Crippen LogP contribution in [0.2, 0.25) is 0 Å². The Hall–Kier alpha value is -1.10. The molecule has 0 aliphatic carbocycles. The van der Waals surface area contributed by atoms with Gasteiger partial charge in [0.1, 0.15) is 0 Å². The van der Waals surface area contributed by atoms with Crippen molar-refractivity contribution in [2.75, 3.05) is 19.6 Å². The van der Waals surface area contributed by atoms with Crippen LogP contribution in [0.15, 0.2) is 0 Å². The summed E-state index contributed by atoms with van der Waals surface area (Å²) in [6.07, 6.45) is 1.09. The maximum absolute atomic E-state index is 11.4. The van der Waals surface area contributed by atoms with Gasteiger partial charge in [-0.3, -0.25) is 14.5 Å². The quantitative estimate of drug-likeness (QED) is 0.614. The molecule has 80 valence electrons. The van der Waals surface area contributed by atoms with Gasteiger partial charge in [-0.05, 0) is 6.42 Å². The van der Waals surface area contributed by atoms with E-state index >= 15 is 0 Å². The molecule has 0 aromatic rings. The lowest BCUT2D eigenvalue weighted by molar-refractivity contribution is -0.130. The topological polar surface area (TPSA) is 75.4 Å². The molecule has 1 aliphatic heterocycles. The Morgan fingerprint density at radius 3 is 3.00 bits per heavy atom. The van der Waals surface area contributed by atoms with Crippen molar-refractivity contribution in [2.24, 2.45) is 5.73 Å². The summed E-state index contributed by atoms with van der Waals surface area (Å²) in [6.45, 7) is 4.01. The average Bonchev–Trinajstić information content (AvgIpc) is 2.14. The summed E-state index contributed by atoms with van der Waals surface area (Å²) in [5.41, 5.74) is 5.07. The van der Waals surface area contributed by atoms with Gasteiger partial charge < -0.3 is 11.1 Å². The van der Waals surface area contributed by atoms with Crippen LogP contribution in [-0.2, 0) is 9.59 Å². The van der Waals surface area contributed by atoms with Crippen LogP contribution < -0.4 is 11.1 Å². The van der Waals surface area contributed by atoms with E-state index in [0.29, 0.717) is 19.5 Å². The van der Waals surface area contributed by atoms with Crippen molar-refractivity contribution in [2.45, 2.75) is 25.8 Å². The number of carbonyl (C=O) groups is 2. The van der Waals surface area contributed by atoms with Gasteiger partial charge in [-0.1, -0.05) is 6.92 Å². The highest BCUT2D eigenvalue weighted by Crippen LogP contribution is 2.08. The number of hydrogen-bond acceptors (Lipinski definition) is 3. The van der Waals surface area contributed by atoms with Crippen LogP contribution in [0.5, 0.6) is 0 Å². The molecule has 1 aliphatic rings. The Kier molecular flexibility index (Phi) is 3.88. The van der Waals surface area contributed by atoms with Crippen molar-refractivity contribution in [3.63, 3.8) is 0 Å². The first-order chi connectivity index (χ1) is 6.65. The van der Waals surface area contributed by atoms with Crippen molar-refractivity contribution in [3.8, 4) is 0 Å². The minimum Gasteiger partial charge on any atom is -0.370 e. The molecule has 1 unspecified atom stereocenters. The molecule has 1 heterocycles. The van der Waals surface area contributed by atoms with Gasteiger partial charge in [0.15, 0.2) is 0 Å². The molecule has 5 heteroatoms. The molecule has 3 N–H and O–H groups in total. The van der Waals surface area contributed by atoms with E-state index in [1.54, 1.807) is 0 Å². The van der Waals surface area contributed by atoms with Gasteiger partial charge in [-0.2, -0.15) is 0 Å². The van der Waals surface area contributed by atoms with Crippen LogP contribution in [0.4, 0.5) is 0 Å². The third kappa shape index (κ3) is 2.70. The Bertz CT molecular complexity index is 230. The third-order valence-corrected chi connectivity index (χ3v) is 2.47. The van der Waals surface area contributed by atoms with Crippen LogP contribution in [-0.4, -0.2) is 42.4 Å². The summed E-state index contributed by atoms with van der Waals surface area (Å²) >= 11 is 0. The first-order valence-corrected chi connectivity index (χ1v) is 4.95. The van der Waals surface area contributed by atoms with E-state index in [9.17, 15) is 9.59 Å². The predicted molar refractivity (Wildman–Crippen MR) is 52.5 cm³/mol. The summed E-state index contributed by atoms with van der Waals surface area (Å²) in [5, 5.41) is 2.80. The van der Waals surface area contributed by atoms with Gasteiger partial charge in [0.05, 0.1) is 6.04 Å². The van der Waals surface area contributed by atoms with Crippen molar-refractivity contribution in [1.82, 2.24) is 10.2 Å². The maximum atomic E-state index is 11.4. The maximum Gasteiger partial charge on any atom is 0.237 e. The second kappa shape index (κ2) is 4.95. The second-order valence-electron chi connectivity index (χ2n) is 3.47. The molecule has 1 fully saturated rings. The minimum atomic E-state index is -0.314. The molecule has 0 aromatic carbocycles. The summed E-state index contributed by atoms with van der Waals surface area (Å²) in [7, 11) is 0. The first-order valence-electron chi connectivity index (χ1n) is 4.95. The number of primary amides is 1. The highest BCUT2D eigenvalue weighted by atomic mass is 16.2. The number of amides is 2. The summed E-state index contributed by atoms with van der Waals surface area (Å²) in [6, 6.07) is -0.0944. The number of rotatable bonds is 4. The molecule has 0 spiro atoms. The molecule has 1 saturated heterocycles. The lowest BCUT2D eigenvalue weighted by Crippen LogP contribution is -2.55. The van der Waals surface area contributed by atoms with E-state index in [2.05, 4.69) is 5.32 Å². The molecule has 0 aromatic heterocycles. The molecule has 1 rings (SSSR count). The lowest BCUT2D eigenvalue weighted by atomic mass is 10.1. The molecule has 0 radical (unpaired) electrons. The number of carbonyl (C=O) groups excluding carboxylic acids is 2. The highest BCUT2D eigenvalue weighted by molar-refractivity contribution is 5.82. The SMILES string of the molecule is CCC1C(=O)NCCN1CCC(N)=O. The van der Waals surface area contributed by atoms with Crippen LogP contribution in [0.25, 0.3) is 0 Å². The van der Waals surface area contributed by atoms with Crippen molar-refractivity contribution in [3.05, 3.63) is 0 Å². The first kappa shape index (κ1) is 11.0. The zero-order valence-electron chi connectivity index (χ0n) is 8.45. The second-order valence-corrected chi connectivity index (χ2v) is 3.47. The van der Waals surface area contributed by atoms with E-state index < -0.39 is 0 Å². The molecule has 14 heavy (non-hydrogen) atoms. The van der Waals surface area contributed by atoms with Gasteiger partial charge in [0.25, 0.3) is 0 Å². The Morgan fingerprint density at radius 2 is 2.43 bits per heavy atom. The number of piperazine rings is 1. The van der Waals surface area contributed by atoms with Gasteiger partial charge >= 0.3 is 0 Å². The summed E-state index contributed by atoms with van der Waals surface area (Å²) in [5.74, 6) is -0.256. The number of nitrogens with zero attached hydrogens (tertiary/aromatic N) is 1.